The molecule has 1 aliphatic rings. The fraction of sp³-hybridized carbons (Fsp3) is 0.636. The third kappa shape index (κ3) is 3.37. The number of carbonyl (C=O) groups excluding carboxylic acids is 1. The molecule has 1 aliphatic carbocycles. The molecule has 4 heteroatoms. The number of nitrogens with zero attached hydrogens (tertiary/aromatic N) is 1. The van der Waals surface area contributed by atoms with Gasteiger partial charge in [0.25, 0.3) is 5.91 Å². The molecule has 1 saturated carbocycles. The lowest BCUT2D eigenvalue weighted by Crippen LogP contribution is -2.28. The Morgan fingerprint density at radius 2 is 2.07 bits per heavy atom. The van der Waals surface area contributed by atoms with Crippen molar-refractivity contribution in [2.24, 2.45) is 0 Å². The fourth-order valence-corrected chi connectivity index (χ4v) is 1.78. The molecule has 1 rings (SSSR count). The van der Waals surface area contributed by atoms with Gasteiger partial charge >= 0.3 is 0 Å². The van der Waals surface area contributed by atoms with E-state index in [1.54, 1.807) is 0 Å². The smallest absolute Gasteiger partial charge is 0.261 e. The number of amides is 1. The van der Waals surface area contributed by atoms with Crippen molar-refractivity contribution in [1.82, 2.24) is 5.32 Å². The summed E-state index contributed by atoms with van der Waals surface area (Å²) >= 11 is 0. The molecule has 0 bridgehead atoms. The normalized spacial score (nSPS) is 15.6. The summed E-state index contributed by atoms with van der Waals surface area (Å²) in [5.74, 6) is -0.344. The van der Waals surface area contributed by atoms with Gasteiger partial charge in [-0.15, -0.1) is 0 Å². The molecule has 1 fully saturated rings. The summed E-state index contributed by atoms with van der Waals surface area (Å²) in [6, 6.07) is 1.97. The molecule has 0 heterocycles. The first-order valence-corrected chi connectivity index (χ1v) is 5.30. The number of aliphatic hydroxyl groups is 1. The number of nitrogens with one attached hydrogen (secondary N) is 1. The molecular formula is C11H16N2O2. The average molecular weight is 208 g/mol. The molecule has 82 valence electrons. The second kappa shape index (κ2) is 6.20. The summed E-state index contributed by atoms with van der Waals surface area (Å²) in [5.41, 5.74) is 1.22. The minimum atomic E-state index is -0.344. The minimum Gasteiger partial charge on any atom is -0.395 e. The molecule has 2 N–H and O–H groups in total. The molecule has 0 saturated heterocycles. The van der Waals surface area contributed by atoms with E-state index in [9.17, 15) is 4.79 Å². The van der Waals surface area contributed by atoms with Gasteiger partial charge in [-0.2, -0.15) is 5.26 Å². The van der Waals surface area contributed by atoms with Crippen LogP contribution >= 0.6 is 0 Å². The Morgan fingerprint density at radius 1 is 1.40 bits per heavy atom. The van der Waals surface area contributed by atoms with Crippen LogP contribution in [0.15, 0.2) is 11.1 Å². The zero-order chi connectivity index (χ0) is 11.1. The molecule has 0 aromatic carbocycles. The summed E-state index contributed by atoms with van der Waals surface area (Å²) in [4.78, 5) is 11.5. The minimum absolute atomic E-state index is 0.0974. The van der Waals surface area contributed by atoms with Gasteiger partial charge in [0.05, 0.1) is 6.61 Å². The highest BCUT2D eigenvalue weighted by atomic mass is 16.3. The molecule has 0 atom stereocenters. The SMILES string of the molecule is N#CC(C(=O)NCCO)=C1CCCCC1. The van der Waals surface area contributed by atoms with Crippen molar-refractivity contribution in [2.75, 3.05) is 13.2 Å². The van der Waals surface area contributed by atoms with Gasteiger partial charge in [0, 0.05) is 6.54 Å². The lowest BCUT2D eigenvalue weighted by molar-refractivity contribution is -0.117. The van der Waals surface area contributed by atoms with E-state index in [4.69, 9.17) is 10.4 Å². The van der Waals surface area contributed by atoms with Crippen LogP contribution in [0.3, 0.4) is 0 Å². The highest BCUT2D eigenvalue weighted by Crippen LogP contribution is 2.25. The van der Waals surface area contributed by atoms with Crippen molar-refractivity contribution < 1.29 is 9.90 Å². The summed E-state index contributed by atoms with van der Waals surface area (Å²) in [6.45, 7) is 0.108. The highest BCUT2D eigenvalue weighted by Gasteiger charge is 2.16. The number of rotatable bonds is 3. The van der Waals surface area contributed by atoms with Crippen LogP contribution in [-0.2, 0) is 4.79 Å². The monoisotopic (exact) mass is 208 g/mol. The van der Waals surface area contributed by atoms with E-state index < -0.39 is 0 Å². The van der Waals surface area contributed by atoms with Crippen LogP contribution in [-0.4, -0.2) is 24.2 Å². The molecule has 0 radical (unpaired) electrons. The van der Waals surface area contributed by atoms with Crippen molar-refractivity contribution in [3.63, 3.8) is 0 Å². The summed E-state index contributed by atoms with van der Waals surface area (Å²) in [6.07, 6.45) is 5.02. The first-order valence-electron chi connectivity index (χ1n) is 5.30. The van der Waals surface area contributed by atoms with Crippen LogP contribution in [0.4, 0.5) is 0 Å². The van der Waals surface area contributed by atoms with E-state index in [0.29, 0.717) is 0 Å². The number of aliphatic hydroxyl groups excluding tert-OH is 1. The van der Waals surface area contributed by atoms with Gasteiger partial charge < -0.3 is 10.4 Å². The number of carbonyl (C=O) groups is 1. The van der Waals surface area contributed by atoms with Crippen LogP contribution in [0.2, 0.25) is 0 Å². The first-order chi connectivity index (χ1) is 7.29. The van der Waals surface area contributed by atoms with Crippen molar-refractivity contribution >= 4 is 5.91 Å². The predicted octanol–water partition coefficient (Wildman–Crippen LogP) is 0.879. The lowest BCUT2D eigenvalue weighted by atomic mass is 9.91. The summed E-state index contributed by atoms with van der Waals surface area (Å²) in [5, 5.41) is 20.0. The third-order valence-electron chi connectivity index (χ3n) is 2.55. The Balaban J connectivity index is 2.68. The van der Waals surface area contributed by atoms with Crippen LogP contribution in [0.25, 0.3) is 0 Å². The zero-order valence-corrected chi connectivity index (χ0v) is 8.75. The Kier molecular flexibility index (Phi) is 4.85. The van der Waals surface area contributed by atoms with E-state index in [2.05, 4.69) is 5.32 Å². The topological polar surface area (TPSA) is 73.1 Å². The van der Waals surface area contributed by atoms with E-state index >= 15 is 0 Å². The van der Waals surface area contributed by atoms with E-state index in [0.717, 1.165) is 31.3 Å². The molecule has 15 heavy (non-hydrogen) atoms. The summed E-state index contributed by atoms with van der Waals surface area (Å²) in [7, 11) is 0. The quantitative estimate of drug-likeness (QED) is 0.534. The number of nitriles is 1. The first kappa shape index (κ1) is 11.7. The molecule has 0 unspecified atom stereocenters. The van der Waals surface area contributed by atoms with Crippen LogP contribution in [0, 0.1) is 11.3 Å². The molecule has 1 amide bonds. The number of allylic oxidation sites excluding steroid dienone is 1. The van der Waals surface area contributed by atoms with Gasteiger partial charge in [-0.05, 0) is 31.3 Å². The largest absolute Gasteiger partial charge is 0.395 e. The molecule has 0 aliphatic heterocycles. The van der Waals surface area contributed by atoms with Crippen molar-refractivity contribution in [1.29, 1.82) is 5.26 Å². The van der Waals surface area contributed by atoms with E-state index in [1.807, 2.05) is 6.07 Å². The zero-order valence-electron chi connectivity index (χ0n) is 8.75. The van der Waals surface area contributed by atoms with Gasteiger partial charge in [-0.25, -0.2) is 0 Å². The predicted molar refractivity (Wildman–Crippen MR) is 55.8 cm³/mol. The molecular weight excluding hydrogens is 192 g/mol. The highest BCUT2D eigenvalue weighted by molar-refractivity contribution is 5.98. The second-order valence-corrected chi connectivity index (χ2v) is 3.63. The number of hydrogen-bond acceptors (Lipinski definition) is 3. The van der Waals surface area contributed by atoms with Gasteiger partial charge in [-0.1, -0.05) is 6.42 Å². The van der Waals surface area contributed by atoms with Gasteiger partial charge in [0.1, 0.15) is 11.6 Å². The number of hydrogen-bond donors (Lipinski definition) is 2. The lowest BCUT2D eigenvalue weighted by Gasteiger charge is -2.15. The Morgan fingerprint density at radius 3 is 2.60 bits per heavy atom. The Labute approximate surface area is 89.6 Å². The molecule has 0 aromatic rings. The maximum Gasteiger partial charge on any atom is 0.261 e. The molecule has 4 nitrogen and oxygen atoms in total. The summed E-state index contributed by atoms with van der Waals surface area (Å²) < 4.78 is 0. The maximum absolute atomic E-state index is 11.5. The molecule has 0 aromatic heterocycles. The van der Waals surface area contributed by atoms with Crippen molar-refractivity contribution in [2.45, 2.75) is 32.1 Å². The third-order valence-corrected chi connectivity index (χ3v) is 2.55. The van der Waals surface area contributed by atoms with Gasteiger partial charge in [0.15, 0.2) is 0 Å². The maximum atomic E-state index is 11.5. The molecule has 0 spiro atoms. The standard InChI is InChI=1S/C11H16N2O2/c12-8-10(11(15)13-6-7-14)9-4-2-1-3-5-9/h14H,1-7H2,(H,13,15). The van der Waals surface area contributed by atoms with E-state index in [-0.39, 0.29) is 24.6 Å². The van der Waals surface area contributed by atoms with E-state index in [1.165, 1.54) is 6.42 Å². The second-order valence-electron chi connectivity index (χ2n) is 3.63. The Hall–Kier alpha value is -1.34. The van der Waals surface area contributed by atoms with Crippen molar-refractivity contribution in [3.05, 3.63) is 11.1 Å². The van der Waals surface area contributed by atoms with Gasteiger partial charge in [0.2, 0.25) is 0 Å². The van der Waals surface area contributed by atoms with Crippen LogP contribution in [0.5, 0.6) is 0 Å². The fourth-order valence-electron chi connectivity index (χ4n) is 1.78. The van der Waals surface area contributed by atoms with Gasteiger partial charge in [-0.3, -0.25) is 4.79 Å². The van der Waals surface area contributed by atoms with Crippen molar-refractivity contribution in [3.8, 4) is 6.07 Å². The van der Waals surface area contributed by atoms with Crippen LogP contribution < -0.4 is 5.32 Å². The van der Waals surface area contributed by atoms with Crippen LogP contribution in [0.1, 0.15) is 32.1 Å². The Bertz CT molecular complexity index is 294. The average Bonchev–Trinajstić information content (AvgIpc) is 2.29.